The molecule has 1 aliphatic rings. The third-order valence-electron chi connectivity index (χ3n) is 4.21. The molecule has 2 heterocycles. The van der Waals surface area contributed by atoms with E-state index in [2.05, 4.69) is 20.8 Å². The number of hydrogen-bond acceptors (Lipinski definition) is 5. The summed E-state index contributed by atoms with van der Waals surface area (Å²) in [7, 11) is 0. The lowest BCUT2D eigenvalue weighted by molar-refractivity contribution is -0.121. The number of ether oxygens (including phenoxy) is 1. The summed E-state index contributed by atoms with van der Waals surface area (Å²) >= 11 is 0. The van der Waals surface area contributed by atoms with E-state index in [0.717, 1.165) is 22.6 Å². The summed E-state index contributed by atoms with van der Waals surface area (Å²) in [4.78, 5) is 12.3. The Morgan fingerprint density at radius 2 is 2.04 bits per heavy atom. The van der Waals surface area contributed by atoms with Crippen LogP contribution in [0.15, 0.2) is 48.5 Å². The van der Waals surface area contributed by atoms with Gasteiger partial charge in [-0.15, -0.1) is 5.10 Å². The first-order valence-corrected chi connectivity index (χ1v) is 8.06. The Labute approximate surface area is 144 Å². The minimum atomic E-state index is -0.0909. The summed E-state index contributed by atoms with van der Waals surface area (Å²) in [5, 5.41) is 14.5. The number of amides is 1. The first-order valence-electron chi connectivity index (χ1n) is 8.06. The predicted octanol–water partition coefficient (Wildman–Crippen LogP) is 1.76. The zero-order valence-corrected chi connectivity index (χ0v) is 13.7. The molecule has 0 saturated heterocycles. The number of carbonyl (C=O) groups is 1. The van der Waals surface area contributed by atoms with E-state index in [1.807, 2.05) is 55.5 Å². The highest BCUT2D eigenvalue weighted by Gasteiger charge is 2.24. The number of tetrazole rings is 1. The second-order valence-electron chi connectivity index (χ2n) is 5.95. The zero-order valence-electron chi connectivity index (χ0n) is 13.7. The summed E-state index contributed by atoms with van der Waals surface area (Å²) in [6, 6.07) is 15.3. The van der Waals surface area contributed by atoms with Gasteiger partial charge in [0.1, 0.15) is 12.4 Å². The monoisotopic (exact) mass is 335 g/mol. The molecule has 7 nitrogen and oxygen atoms in total. The van der Waals surface area contributed by atoms with Gasteiger partial charge in [0.2, 0.25) is 5.91 Å². The maximum Gasteiger partial charge on any atom is 0.225 e. The summed E-state index contributed by atoms with van der Waals surface area (Å²) in [6.07, 6.45) is 0.313. The van der Waals surface area contributed by atoms with Gasteiger partial charge >= 0.3 is 0 Å². The topological polar surface area (TPSA) is 81.9 Å². The lowest BCUT2D eigenvalue weighted by atomic mass is 10.1. The first kappa shape index (κ1) is 15.3. The molecule has 4 rings (SSSR count). The smallest absolute Gasteiger partial charge is 0.225 e. The average molecular weight is 335 g/mol. The van der Waals surface area contributed by atoms with Gasteiger partial charge < -0.3 is 10.1 Å². The van der Waals surface area contributed by atoms with Crippen molar-refractivity contribution in [3.8, 4) is 11.4 Å². The minimum Gasteiger partial charge on any atom is -0.491 e. The molecule has 1 amide bonds. The van der Waals surface area contributed by atoms with E-state index in [-0.39, 0.29) is 11.9 Å². The van der Waals surface area contributed by atoms with Gasteiger partial charge in [-0.25, -0.2) is 0 Å². The molecular formula is C18H17N5O2. The lowest BCUT2D eigenvalue weighted by Crippen LogP contribution is -2.30. The van der Waals surface area contributed by atoms with Gasteiger partial charge in [0, 0.05) is 5.56 Å². The fraction of sp³-hybridized carbons (Fsp3) is 0.222. The largest absolute Gasteiger partial charge is 0.491 e. The van der Waals surface area contributed by atoms with Crippen molar-refractivity contribution in [2.75, 3.05) is 6.61 Å². The molecule has 1 N–H and O–H groups in total. The molecule has 1 aromatic heterocycles. The Morgan fingerprint density at radius 3 is 2.80 bits per heavy atom. The lowest BCUT2D eigenvalue weighted by Gasteiger charge is -2.12. The molecule has 2 aromatic carbocycles. The van der Waals surface area contributed by atoms with Crippen LogP contribution in [0.5, 0.6) is 5.75 Å². The number of para-hydroxylation sites is 1. The molecular weight excluding hydrogens is 318 g/mol. The van der Waals surface area contributed by atoms with Crippen LogP contribution < -0.4 is 10.1 Å². The number of carbonyl (C=O) groups excluding carboxylic acids is 1. The standard InChI is InChI=1S/C18H17N5O2/c1-12-20-21-22-23(12)14-8-6-13(7-9-14)10-18(24)19-16-11-25-17-5-3-2-4-15(16)17/h2-9,16H,10-11H2,1H3,(H,19,24)/t16-/m0/s1. The van der Waals surface area contributed by atoms with Gasteiger partial charge in [-0.1, -0.05) is 30.3 Å². The number of nitrogens with zero attached hydrogens (tertiary/aromatic N) is 4. The van der Waals surface area contributed by atoms with Gasteiger partial charge in [0.15, 0.2) is 5.82 Å². The summed E-state index contributed by atoms with van der Waals surface area (Å²) in [6.45, 7) is 2.31. The van der Waals surface area contributed by atoms with Crippen molar-refractivity contribution in [3.05, 3.63) is 65.5 Å². The van der Waals surface area contributed by atoms with E-state index in [0.29, 0.717) is 18.9 Å². The van der Waals surface area contributed by atoms with Crippen LogP contribution in [0.3, 0.4) is 0 Å². The molecule has 1 aliphatic heterocycles. The summed E-state index contributed by atoms with van der Waals surface area (Å²) in [5.74, 6) is 1.52. The van der Waals surface area contributed by atoms with Crippen LogP contribution in [0.1, 0.15) is 23.0 Å². The number of aryl methyl sites for hydroxylation is 1. The Morgan fingerprint density at radius 1 is 1.24 bits per heavy atom. The molecule has 0 aliphatic carbocycles. The highest BCUT2D eigenvalue weighted by molar-refractivity contribution is 5.79. The molecule has 0 spiro atoms. The zero-order chi connectivity index (χ0) is 17.2. The fourth-order valence-electron chi connectivity index (χ4n) is 2.94. The third-order valence-corrected chi connectivity index (χ3v) is 4.21. The van der Waals surface area contributed by atoms with Gasteiger partial charge in [-0.3, -0.25) is 4.79 Å². The van der Waals surface area contributed by atoms with Crippen LogP contribution in [0, 0.1) is 6.92 Å². The van der Waals surface area contributed by atoms with E-state index >= 15 is 0 Å². The predicted molar refractivity (Wildman–Crippen MR) is 90.4 cm³/mol. The molecule has 0 bridgehead atoms. The fourth-order valence-corrected chi connectivity index (χ4v) is 2.94. The minimum absolute atomic E-state index is 0.0309. The Balaban J connectivity index is 1.41. The number of benzene rings is 2. The van der Waals surface area contributed by atoms with E-state index in [9.17, 15) is 4.79 Å². The van der Waals surface area contributed by atoms with Crippen molar-refractivity contribution in [2.24, 2.45) is 0 Å². The number of fused-ring (bicyclic) bond motifs is 1. The van der Waals surface area contributed by atoms with Crippen molar-refractivity contribution in [3.63, 3.8) is 0 Å². The Bertz CT molecular complexity index is 904. The molecule has 126 valence electrons. The Kier molecular flexibility index (Phi) is 3.89. The van der Waals surface area contributed by atoms with Crippen LogP contribution >= 0.6 is 0 Å². The molecule has 25 heavy (non-hydrogen) atoms. The van der Waals surface area contributed by atoms with E-state index in [1.54, 1.807) is 4.68 Å². The second-order valence-corrected chi connectivity index (χ2v) is 5.95. The van der Waals surface area contributed by atoms with Crippen LogP contribution in [0.25, 0.3) is 5.69 Å². The quantitative estimate of drug-likeness (QED) is 0.786. The molecule has 7 heteroatoms. The molecule has 3 aromatic rings. The normalized spacial score (nSPS) is 15.5. The molecule has 0 radical (unpaired) electrons. The number of nitrogens with one attached hydrogen (secondary N) is 1. The number of aromatic nitrogens is 4. The van der Waals surface area contributed by atoms with Crippen molar-refractivity contribution in [1.29, 1.82) is 0 Å². The maximum absolute atomic E-state index is 12.3. The van der Waals surface area contributed by atoms with Crippen molar-refractivity contribution in [1.82, 2.24) is 25.5 Å². The van der Waals surface area contributed by atoms with Crippen LogP contribution in [0.2, 0.25) is 0 Å². The van der Waals surface area contributed by atoms with Crippen LogP contribution in [-0.4, -0.2) is 32.7 Å². The van der Waals surface area contributed by atoms with Crippen LogP contribution in [-0.2, 0) is 11.2 Å². The highest BCUT2D eigenvalue weighted by Crippen LogP contribution is 2.31. The van der Waals surface area contributed by atoms with Crippen LogP contribution in [0.4, 0.5) is 0 Å². The van der Waals surface area contributed by atoms with E-state index < -0.39 is 0 Å². The van der Waals surface area contributed by atoms with Gasteiger partial charge in [-0.2, -0.15) is 4.68 Å². The maximum atomic E-state index is 12.3. The Hall–Kier alpha value is -3.22. The third kappa shape index (κ3) is 3.08. The summed E-state index contributed by atoms with van der Waals surface area (Å²) in [5.41, 5.74) is 2.82. The van der Waals surface area contributed by atoms with E-state index in [4.69, 9.17) is 4.74 Å². The van der Waals surface area contributed by atoms with Crippen molar-refractivity contribution in [2.45, 2.75) is 19.4 Å². The van der Waals surface area contributed by atoms with Crippen molar-refractivity contribution >= 4 is 5.91 Å². The number of rotatable bonds is 4. The highest BCUT2D eigenvalue weighted by atomic mass is 16.5. The molecule has 0 fully saturated rings. The first-order chi connectivity index (χ1) is 12.2. The van der Waals surface area contributed by atoms with E-state index in [1.165, 1.54) is 0 Å². The molecule has 0 saturated carbocycles. The van der Waals surface area contributed by atoms with Crippen molar-refractivity contribution < 1.29 is 9.53 Å². The molecule has 1 atom stereocenters. The SMILES string of the molecule is Cc1nnnn1-c1ccc(CC(=O)N[C@H]2COc3ccccc32)cc1. The molecule has 0 unspecified atom stereocenters. The van der Waals surface area contributed by atoms with Gasteiger partial charge in [0.25, 0.3) is 0 Å². The average Bonchev–Trinajstić information content (AvgIpc) is 3.22. The van der Waals surface area contributed by atoms with Gasteiger partial charge in [-0.05, 0) is 41.1 Å². The second kappa shape index (κ2) is 6.35. The summed E-state index contributed by atoms with van der Waals surface area (Å²) < 4.78 is 7.24. The van der Waals surface area contributed by atoms with Gasteiger partial charge in [0.05, 0.1) is 18.2 Å². The number of hydrogen-bond donors (Lipinski definition) is 1.